The number of carbonyl (C=O) groups excluding carboxylic acids is 2. The van der Waals surface area contributed by atoms with Crippen molar-refractivity contribution < 1.29 is 19.1 Å². The fraction of sp³-hybridized carbons (Fsp3) is 0.118. The summed E-state index contributed by atoms with van der Waals surface area (Å²) in [6.45, 7) is -0.0263. The number of ether oxygens (including phenoxy) is 2. The zero-order valence-corrected chi connectivity index (χ0v) is 13.1. The van der Waals surface area contributed by atoms with E-state index in [1.54, 1.807) is 18.2 Å². The second-order valence-electron chi connectivity index (χ2n) is 5.39. The summed E-state index contributed by atoms with van der Waals surface area (Å²) in [4.78, 5) is 28.4. The Bertz CT molecular complexity index is 966. The van der Waals surface area contributed by atoms with Crippen molar-refractivity contribution in [3.05, 3.63) is 54.4 Å². The molecule has 0 fully saturated rings. The molecule has 0 radical (unpaired) electrons. The van der Waals surface area contributed by atoms with Crippen LogP contribution in [0.15, 0.2) is 48.8 Å². The highest BCUT2D eigenvalue weighted by molar-refractivity contribution is 5.98. The van der Waals surface area contributed by atoms with Crippen LogP contribution in [0.5, 0.6) is 11.5 Å². The van der Waals surface area contributed by atoms with Crippen LogP contribution in [0.25, 0.3) is 11.0 Å². The summed E-state index contributed by atoms with van der Waals surface area (Å²) in [5.74, 6) is 0.379. The second-order valence-corrected chi connectivity index (χ2v) is 5.39. The lowest BCUT2D eigenvalue weighted by molar-refractivity contribution is -0.116. The SMILES string of the molecule is O=C(CNC(=O)c1ccc2c(c1)OCO2)Nn1cnc2ccccc21. The lowest BCUT2D eigenvalue weighted by Gasteiger charge is -2.08. The van der Waals surface area contributed by atoms with Crippen molar-refractivity contribution in [2.75, 3.05) is 18.8 Å². The van der Waals surface area contributed by atoms with Gasteiger partial charge in [0.2, 0.25) is 6.79 Å². The molecule has 2 heterocycles. The van der Waals surface area contributed by atoms with Gasteiger partial charge in [-0.25, -0.2) is 9.66 Å². The van der Waals surface area contributed by atoms with Crippen LogP contribution < -0.4 is 20.2 Å². The van der Waals surface area contributed by atoms with Gasteiger partial charge < -0.3 is 14.8 Å². The van der Waals surface area contributed by atoms with E-state index in [0.29, 0.717) is 17.1 Å². The molecule has 8 nitrogen and oxygen atoms in total. The van der Waals surface area contributed by atoms with Gasteiger partial charge in [0.25, 0.3) is 11.8 Å². The Balaban J connectivity index is 1.37. The van der Waals surface area contributed by atoms with E-state index in [9.17, 15) is 9.59 Å². The van der Waals surface area contributed by atoms with Crippen LogP contribution in [0.2, 0.25) is 0 Å². The van der Waals surface area contributed by atoms with Gasteiger partial charge in [0.1, 0.15) is 6.33 Å². The minimum atomic E-state index is -0.371. The second kappa shape index (κ2) is 6.16. The number of rotatable bonds is 4. The molecule has 0 aliphatic carbocycles. The van der Waals surface area contributed by atoms with Crippen molar-refractivity contribution in [2.45, 2.75) is 0 Å². The number of para-hydroxylation sites is 2. The smallest absolute Gasteiger partial charge is 0.258 e. The summed E-state index contributed by atoms with van der Waals surface area (Å²) >= 11 is 0. The molecule has 0 bridgehead atoms. The number of carbonyl (C=O) groups is 2. The molecule has 126 valence electrons. The number of fused-ring (bicyclic) bond motifs is 2. The van der Waals surface area contributed by atoms with Gasteiger partial charge in [-0.15, -0.1) is 0 Å². The Labute approximate surface area is 142 Å². The first kappa shape index (κ1) is 15.0. The minimum Gasteiger partial charge on any atom is -0.454 e. The van der Waals surface area contributed by atoms with E-state index in [0.717, 1.165) is 11.0 Å². The minimum absolute atomic E-state index is 0.141. The number of nitrogens with one attached hydrogen (secondary N) is 2. The molecule has 0 atom stereocenters. The first-order chi connectivity index (χ1) is 12.2. The maximum absolute atomic E-state index is 12.2. The lowest BCUT2D eigenvalue weighted by atomic mass is 10.2. The first-order valence-electron chi connectivity index (χ1n) is 7.60. The van der Waals surface area contributed by atoms with E-state index in [1.807, 2.05) is 24.3 Å². The van der Waals surface area contributed by atoms with Gasteiger partial charge in [0.05, 0.1) is 17.6 Å². The summed E-state index contributed by atoms with van der Waals surface area (Å²) in [5, 5.41) is 2.57. The Kier molecular flexibility index (Phi) is 3.70. The van der Waals surface area contributed by atoms with Gasteiger partial charge in [-0.2, -0.15) is 0 Å². The van der Waals surface area contributed by atoms with Crippen molar-refractivity contribution in [1.82, 2.24) is 15.0 Å². The van der Waals surface area contributed by atoms with Crippen LogP contribution >= 0.6 is 0 Å². The molecule has 3 aromatic rings. The third-order valence-electron chi connectivity index (χ3n) is 3.74. The van der Waals surface area contributed by atoms with E-state index in [-0.39, 0.29) is 25.2 Å². The normalized spacial score (nSPS) is 12.2. The summed E-state index contributed by atoms with van der Waals surface area (Å²) < 4.78 is 12.0. The van der Waals surface area contributed by atoms with Gasteiger partial charge >= 0.3 is 0 Å². The molecule has 0 unspecified atom stereocenters. The van der Waals surface area contributed by atoms with Crippen LogP contribution in [-0.2, 0) is 4.79 Å². The summed E-state index contributed by atoms with van der Waals surface area (Å²) in [7, 11) is 0. The molecule has 4 rings (SSSR count). The van der Waals surface area contributed by atoms with Gasteiger partial charge in [-0.3, -0.25) is 15.0 Å². The third-order valence-corrected chi connectivity index (χ3v) is 3.74. The van der Waals surface area contributed by atoms with Gasteiger partial charge in [0, 0.05) is 5.56 Å². The first-order valence-corrected chi connectivity index (χ1v) is 7.60. The molecule has 0 spiro atoms. The molecule has 0 saturated carbocycles. The largest absolute Gasteiger partial charge is 0.454 e. The van der Waals surface area contributed by atoms with Crippen molar-refractivity contribution in [1.29, 1.82) is 0 Å². The fourth-order valence-electron chi connectivity index (χ4n) is 2.52. The molecule has 2 amide bonds. The quantitative estimate of drug-likeness (QED) is 0.747. The number of nitrogens with zero attached hydrogens (tertiary/aromatic N) is 2. The standard InChI is InChI=1S/C17H14N4O4/c22-16(20-21-9-19-12-3-1-2-4-13(12)21)8-18-17(23)11-5-6-14-15(7-11)25-10-24-14/h1-7,9H,8,10H2,(H,18,23)(H,20,22). The van der Waals surface area contributed by atoms with E-state index in [1.165, 1.54) is 11.0 Å². The van der Waals surface area contributed by atoms with E-state index < -0.39 is 0 Å². The summed E-state index contributed by atoms with van der Waals surface area (Å²) in [6.07, 6.45) is 1.52. The Morgan fingerprint density at radius 1 is 1.12 bits per heavy atom. The zero-order chi connectivity index (χ0) is 17.2. The monoisotopic (exact) mass is 338 g/mol. The molecule has 0 saturated heterocycles. The van der Waals surface area contributed by atoms with Crippen LogP contribution in [-0.4, -0.2) is 34.8 Å². The highest BCUT2D eigenvalue weighted by Gasteiger charge is 2.16. The van der Waals surface area contributed by atoms with Crippen LogP contribution in [0.3, 0.4) is 0 Å². The average Bonchev–Trinajstić information content (AvgIpc) is 3.26. The number of imidazole rings is 1. The van der Waals surface area contributed by atoms with Gasteiger partial charge in [-0.1, -0.05) is 12.1 Å². The fourth-order valence-corrected chi connectivity index (χ4v) is 2.52. The Morgan fingerprint density at radius 3 is 2.88 bits per heavy atom. The molecule has 1 aliphatic heterocycles. The topological polar surface area (TPSA) is 94.5 Å². The predicted molar refractivity (Wildman–Crippen MR) is 89.0 cm³/mol. The van der Waals surface area contributed by atoms with Gasteiger partial charge in [-0.05, 0) is 30.3 Å². The van der Waals surface area contributed by atoms with Crippen molar-refractivity contribution in [3.63, 3.8) is 0 Å². The van der Waals surface area contributed by atoms with Crippen LogP contribution in [0.4, 0.5) is 0 Å². The molecule has 2 N–H and O–H groups in total. The van der Waals surface area contributed by atoms with Crippen LogP contribution in [0.1, 0.15) is 10.4 Å². The molecule has 8 heteroatoms. The van der Waals surface area contributed by atoms with E-state index in [2.05, 4.69) is 15.7 Å². The Hall–Kier alpha value is -3.55. The molecule has 1 aliphatic rings. The third kappa shape index (κ3) is 2.97. The van der Waals surface area contributed by atoms with Crippen molar-refractivity contribution in [2.24, 2.45) is 0 Å². The van der Waals surface area contributed by atoms with Crippen LogP contribution in [0, 0.1) is 0 Å². The average molecular weight is 338 g/mol. The Morgan fingerprint density at radius 2 is 1.96 bits per heavy atom. The molecular weight excluding hydrogens is 324 g/mol. The number of aromatic nitrogens is 2. The number of hydrogen-bond acceptors (Lipinski definition) is 5. The summed E-state index contributed by atoms with van der Waals surface area (Å²) in [5.41, 5.74) is 4.61. The number of hydrogen-bond donors (Lipinski definition) is 2. The van der Waals surface area contributed by atoms with Crippen molar-refractivity contribution >= 4 is 22.8 Å². The van der Waals surface area contributed by atoms with Crippen molar-refractivity contribution in [3.8, 4) is 11.5 Å². The molecule has 2 aromatic carbocycles. The number of benzene rings is 2. The highest BCUT2D eigenvalue weighted by Crippen LogP contribution is 2.32. The maximum atomic E-state index is 12.2. The number of amides is 2. The van der Waals surface area contributed by atoms with Gasteiger partial charge in [0.15, 0.2) is 11.5 Å². The molecular formula is C17H14N4O4. The summed E-state index contributed by atoms with van der Waals surface area (Å²) in [6, 6.07) is 12.3. The van der Waals surface area contributed by atoms with E-state index in [4.69, 9.17) is 9.47 Å². The zero-order valence-electron chi connectivity index (χ0n) is 13.1. The lowest BCUT2D eigenvalue weighted by Crippen LogP contribution is -2.35. The molecule has 25 heavy (non-hydrogen) atoms. The predicted octanol–water partition coefficient (Wildman–Crippen LogP) is 1.27. The highest BCUT2D eigenvalue weighted by atomic mass is 16.7. The van der Waals surface area contributed by atoms with E-state index >= 15 is 0 Å². The maximum Gasteiger partial charge on any atom is 0.258 e. The molecule has 1 aromatic heterocycles.